The number of aromatic nitrogens is 2. The molecule has 1 N–H and O–H groups in total. The highest BCUT2D eigenvalue weighted by Crippen LogP contribution is 2.43. The summed E-state index contributed by atoms with van der Waals surface area (Å²) < 4.78 is 39.5. The number of carbonyl (C=O) groups excluding carboxylic acids is 1. The quantitative estimate of drug-likeness (QED) is 0.188. The number of nitrogens with zero attached hydrogens (tertiary/aromatic N) is 6. The Morgan fingerprint density at radius 1 is 1.10 bits per heavy atom. The smallest absolute Gasteiger partial charge is 0.319 e. The molecule has 3 aromatic carbocycles. The van der Waals surface area contributed by atoms with Crippen molar-refractivity contribution in [2.75, 3.05) is 50.9 Å². The van der Waals surface area contributed by atoms with Gasteiger partial charge in [0, 0.05) is 37.6 Å². The molecule has 2 saturated heterocycles. The summed E-state index contributed by atoms with van der Waals surface area (Å²) in [5.41, 5.74) is 2.63. The Morgan fingerprint density at radius 3 is 2.75 bits per heavy atom. The number of piperazine rings is 1. The molecule has 0 bridgehead atoms. The molecule has 0 aliphatic carbocycles. The molecule has 0 radical (unpaired) electrons. The van der Waals surface area contributed by atoms with Crippen LogP contribution in [0.4, 0.5) is 14.6 Å². The van der Waals surface area contributed by atoms with Gasteiger partial charge in [0.1, 0.15) is 30.4 Å². The molecular formula is C36H34F2N6O4. The Kier molecular flexibility index (Phi) is 8.54. The average molecular weight is 653 g/mol. The molecule has 10 nitrogen and oxygen atoms in total. The summed E-state index contributed by atoms with van der Waals surface area (Å²) in [7, 11) is 0. The Labute approximate surface area is 275 Å². The van der Waals surface area contributed by atoms with Crippen molar-refractivity contribution in [3.05, 3.63) is 67.2 Å². The van der Waals surface area contributed by atoms with Crippen molar-refractivity contribution in [1.29, 1.82) is 5.26 Å². The first-order chi connectivity index (χ1) is 23.4. The highest BCUT2D eigenvalue weighted by atomic mass is 19.1. The number of halogens is 2. The first-order valence-electron chi connectivity index (χ1n) is 16.0. The summed E-state index contributed by atoms with van der Waals surface area (Å²) in [5.74, 6) is -1.30. The van der Waals surface area contributed by atoms with Crippen LogP contribution in [0.5, 0.6) is 11.8 Å². The second-order valence-corrected chi connectivity index (χ2v) is 12.2. The van der Waals surface area contributed by atoms with Gasteiger partial charge in [-0.3, -0.25) is 9.69 Å². The molecule has 2 atom stereocenters. The van der Waals surface area contributed by atoms with Crippen LogP contribution in [0.2, 0.25) is 0 Å². The van der Waals surface area contributed by atoms with E-state index in [0.717, 1.165) is 46.7 Å². The van der Waals surface area contributed by atoms with Crippen molar-refractivity contribution in [3.8, 4) is 29.0 Å². The van der Waals surface area contributed by atoms with Gasteiger partial charge in [-0.05, 0) is 65.6 Å². The van der Waals surface area contributed by atoms with Crippen LogP contribution in [0.1, 0.15) is 19.3 Å². The number of hydrogen-bond acceptors (Lipinski definition) is 9. The third-order valence-corrected chi connectivity index (χ3v) is 9.38. The number of benzene rings is 3. The topological polar surface area (TPSA) is 119 Å². The summed E-state index contributed by atoms with van der Waals surface area (Å²) in [6, 6.07) is 16.7. The van der Waals surface area contributed by atoms with E-state index in [4.69, 9.17) is 19.1 Å². The van der Waals surface area contributed by atoms with E-state index in [1.807, 2.05) is 41.3 Å². The van der Waals surface area contributed by atoms with Crippen LogP contribution in [0.3, 0.4) is 0 Å². The minimum atomic E-state index is -1.08. The third kappa shape index (κ3) is 5.75. The normalized spacial score (nSPS) is 18.5. The van der Waals surface area contributed by atoms with Crippen LogP contribution >= 0.6 is 0 Å². The maximum Gasteiger partial charge on any atom is 0.319 e. The van der Waals surface area contributed by atoms with Gasteiger partial charge in [-0.2, -0.15) is 15.2 Å². The fraction of sp³-hybridized carbons (Fsp3) is 0.333. The fourth-order valence-corrected chi connectivity index (χ4v) is 7.14. The van der Waals surface area contributed by atoms with Gasteiger partial charge in [0.25, 0.3) is 5.91 Å². The fourth-order valence-electron chi connectivity index (χ4n) is 7.14. The number of nitriles is 1. The summed E-state index contributed by atoms with van der Waals surface area (Å²) in [6.45, 7) is 4.78. The zero-order valence-electron chi connectivity index (χ0n) is 26.2. The number of phenolic OH excluding ortho intramolecular Hbond substituents is 1. The van der Waals surface area contributed by atoms with E-state index in [9.17, 15) is 23.9 Å². The van der Waals surface area contributed by atoms with Crippen LogP contribution in [0, 0.1) is 11.3 Å². The summed E-state index contributed by atoms with van der Waals surface area (Å²) >= 11 is 0. The molecule has 7 rings (SSSR count). The minimum Gasteiger partial charge on any atom is -0.508 e. The molecule has 12 heteroatoms. The lowest BCUT2D eigenvalue weighted by Crippen LogP contribution is -2.55. The van der Waals surface area contributed by atoms with E-state index < -0.39 is 24.5 Å². The first kappa shape index (κ1) is 31.3. The average Bonchev–Trinajstić information content (AvgIpc) is 3.76. The second-order valence-electron chi connectivity index (χ2n) is 12.2. The highest BCUT2D eigenvalue weighted by molar-refractivity contribution is 6.16. The maximum absolute atomic E-state index is 13.9. The van der Waals surface area contributed by atoms with Gasteiger partial charge in [0.05, 0.1) is 35.7 Å². The minimum absolute atomic E-state index is 0.0150. The number of alkyl halides is 1. The number of amides is 1. The van der Waals surface area contributed by atoms with Crippen molar-refractivity contribution < 1.29 is 27.8 Å². The molecule has 5 aromatic rings. The lowest BCUT2D eigenvalue weighted by Gasteiger charge is -2.41. The van der Waals surface area contributed by atoms with E-state index in [0.29, 0.717) is 35.4 Å². The Morgan fingerprint density at radius 2 is 1.94 bits per heavy atom. The van der Waals surface area contributed by atoms with E-state index >= 15 is 0 Å². The third-order valence-electron chi connectivity index (χ3n) is 9.38. The zero-order valence-corrected chi connectivity index (χ0v) is 26.2. The second kappa shape index (κ2) is 13.1. The van der Waals surface area contributed by atoms with Crippen LogP contribution in [0.15, 0.2) is 71.6 Å². The molecule has 48 heavy (non-hydrogen) atoms. The largest absolute Gasteiger partial charge is 0.508 e. The van der Waals surface area contributed by atoms with Crippen molar-refractivity contribution in [1.82, 2.24) is 19.8 Å². The molecule has 0 spiro atoms. The van der Waals surface area contributed by atoms with Gasteiger partial charge in [0.2, 0.25) is 0 Å². The first-order valence-corrected chi connectivity index (χ1v) is 16.0. The highest BCUT2D eigenvalue weighted by Gasteiger charge is 2.34. The van der Waals surface area contributed by atoms with E-state index in [1.54, 1.807) is 18.4 Å². The molecule has 0 saturated carbocycles. The number of fused-ring (bicyclic) bond motifs is 4. The van der Waals surface area contributed by atoms with Crippen molar-refractivity contribution in [3.63, 3.8) is 0 Å². The predicted molar refractivity (Wildman–Crippen MR) is 178 cm³/mol. The number of anilines is 1. The molecule has 4 heterocycles. The maximum atomic E-state index is 13.9. The number of likely N-dealkylation sites (tertiary alicyclic amines) is 1. The number of aromatic hydroxyl groups is 1. The lowest BCUT2D eigenvalue weighted by atomic mass is 9.94. The predicted octanol–water partition coefficient (Wildman–Crippen LogP) is 6.13. The number of carbonyl (C=O) groups is 1. The van der Waals surface area contributed by atoms with Gasteiger partial charge in [-0.15, -0.1) is 0 Å². The Hall–Kier alpha value is -5.28. The van der Waals surface area contributed by atoms with Gasteiger partial charge in [0.15, 0.2) is 5.83 Å². The standard InChI is InChI=1S/C36H34F2N6O4/c1-22(38)35(46)44-15-14-43(20-24(44)8-11-39)34-32-31(40-36(41-34)48-21-25-6-4-12-42(25)13-10-37)19-30(28-9-16-47-33(28)32)29-18-26(45)17-23-5-2-3-7-27(23)29/h2-3,5,7,9,16-19,24-25,45H,1,4,6,8,10,12-15,20-21H2/t24-,25-/m0/s1. The molecule has 2 aromatic heterocycles. The van der Waals surface area contributed by atoms with Crippen molar-refractivity contribution in [2.24, 2.45) is 0 Å². The van der Waals surface area contributed by atoms with Crippen LogP contribution < -0.4 is 9.64 Å². The molecular weight excluding hydrogens is 618 g/mol. The lowest BCUT2D eigenvalue weighted by molar-refractivity contribution is -0.131. The van der Waals surface area contributed by atoms with Gasteiger partial charge < -0.3 is 24.1 Å². The number of furan rings is 1. The van der Waals surface area contributed by atoms with Gasteiger partial charge >= 0.3 is 6.01 Å². The van der Waals surface area contributed by atoms with E-state index in [1.165, 1.54) is 4.90 Å². The Bertz CT molecular complexity index is 2080. The monoisotopic (exact) mass is 652 g/mol. The van der Waals surface area contributed by atoms with Crippen LogP contribution in [0.25, 0.3) is 43.8 Å². The summed E-state index contributed by atoms with van der Waals surface area (Å²) in [4.78, 5) is 27.7. The van der Waals surface area contributed by atoms with Crippen LogP contribution in [-0.2, 0) is 4.79 Å². The number of ether oxygens (including phenoxy) is 1. The van der Waals surface area contributed by atoms with Crippen LogP contribution in [-0.4, -0.2) is 88.9 Å². The molecule has 0 unspecified atom stereocenters. The number of rotatable bonds is 9. The van der Waals surface area contributed by atoms with Gasteiger partial charge in [-0.1, -0.05) is 30.8 Å². The molecule has 2 fully saturated rings. The molecule has 2 aliphatic rings. The molecule has 2 aliphatic heterocycles. The molecule has 1 amide bonds. The molecule has 246 valence electrons. The number of hydrogen-bond donors (Lipinski definition) is 1. The van der Waals surface area contributed by atoms with Crippen molar-refractivity contribution >= 4 is 44.4 Å². The SMILES string of the molecule is C=C(F)C(=O)N1CCN(c2nc(OC[C@@H]3CCCN3CCF)nc3cc(-c4cc(O)cc5ccccc45)c4ccoc4c23)C[C@@H]1CC#N. The summed E-state index contributed by atoms with van der Waals surface area (Å²) in [5, 5.41) is 23.5. The summed E-state index contributed by atoms with van der Waals surface area (Å²) in [6.07, 6.45) is 3.39. The Balaban J connectivity index is 1.37. The van der Waals surface area contributed by atoms with Crippen molar-refractivity contribution in [2.45, 2.75) is 31.3 Å². The van der Waals surface area contributed by atoms with E-state index in [-0.39, 0.29) is 43.9 Å². The van der Waals surface area contributed by atoms with E-state index in [2.05, 4.69) is 17.5 Å². The zero-order chi connectivity index (χ0) is 33.4. The number of phenols is 1. The van der Waals surface area contributed by atoms with Gasteiger partial charge in [-0.25, -0.2) is 8.78 Å².